The quantitative estimate of drug-likeness (QED) is 0.736. The second-order valence-electron chi connectivity index (χ2n) is 2.92. The van der Waals surface area contributed by atoms with Gasteiger partial charge in [0.1, 0.15) is 0 Å². The second kappa shape index (κ2) is 3.35. The average Bonchev–Trinajstić information content (AvgIpc) is 2.27. The van der Waals surface area contributed by atoms with Gasteiger partial charge in [-0.05, 0) is 24.3 Å². The molecule has 1 heterocycles. The van der Waals surface area contributed by atoms with Crippen molar-refractivity contribution in [2.45, 2.75) is 0 Å². The molecule has 68 valence electrons. The first kappa shape index (κ1) is 8.52. The van der Waals surface area contributed by atoms with Crippen LogP contribution in [0.3, 0.4) is 0 Å². The van der Waals surface area contributed by atoms with E-state index in [-0.39, 0.29) is 0 Å². The van der Waals surface area contributed by atoms with Gasteiger partial charge in [-0.1, -0.05) is 0 Å². The number of hydrogen-bond acceptors (Lipinski definition) is 3. The van der Waals surface area contributed by atoms with Crippen LogP contribution in [0.5, 0.6) is 0 Å². The molecule has 0 aliphatic heterocycles. The zero-order chi connectivity index (χ0) is 9.97. The van der Waals surface area contributed by atoms with E-state index in [1.54, 1.807) is 12.3 Å². The Morgan fingerprint density at radius 1 is 1.36 bits per heavy atom. The Morgan fingerprint density at radius 3 is 2.93 bits per heavy atom. The maximum atomic E-state index is 8.90. The van der Waals surface area contributed by atoms with Crippen LogP contribution in [0.15, 0.2) is 30.5 Å². The molecule has 1 aromatic carbocycles. The van der Waals surface area contributed by atoms with Crippen LogP contribution in [-0.4, -0.2) is 12.0 Å². The van der Waals surface area contributed by atoms with Crippen molar-refractivity contribution in [2.24, 2.45) is 0 Å². The van der Waals surface area contributed by atoms with Crippen LogP contribution in [-0.2, 0) is 0 Å². The van der Waals surface area contributed by atoms with Crippen molar-refractivity contribution >= 4 is 16.6 Å². The first-order valence-electron chi connectivity index (χ1n) is 4.32. The number of rotatable bonds is 1. The normalized spacial score (nSPS) is 9.71. The molecule has 1 N–H and O–H groups in total. The van der Waals surface area contributed by atoms with Crippen LogP contribution in [0.25, 0.3) is 10.9 Å². The van der Waals surface area contributed by atoms with E-state index in [9.17, 15) is 0 Å². The third-order valence-electron chi connectivity index (χ3n) is 2.16. The third-order valence-corrected chi connectivity index (χ3v) is 2.16. The highest BCUT2D eigenvalue weighted by molar-refractivity contribution is 5.94. The van der Waals surface area contributed by atoms with E-state index in [1.807, 2.05) is 25.2 Å². The predicted molar refractivity (Wildman–Crippen MR) is 56.0 cm³/mol. The summed E-state index contributed by atoms with van der Waals surface area (Å²) in [6, 6.07) is 9.56. The summed E-state index contributed by atoms with van der Waals surface area (Å²) in [6.45, 7) is 0. The lowest BCUT2D eigenvalue weighted by molar-refractivity contribution is 1.39. The van der Waals surface area contributed by atoms with Crippen LogP contribution in [0.2, 0.25) is 0 Å². The largest absolute Gasteiger partial charge is 0.386 e. The predicted octanol–water partition coefficient (Wildman–Crippen LogP) is 2.15. The number of fused-ring (bicyclic) bond motifs is 1. The molecule has 0 amide bonds. The van der Waals surface area contributed by atoms with E-state index in [4.69, 9.17) is 5.26 Å². The minimum absolute atomic E-state index is 0.659. The first-order valence-corrected chi connectivity index (χ1v) is 4.32. The molecular weight excluding hydrogens is 174 g/mol. The van der Waals surface area contributed by atoms with Crippen molar-refractivity contribution in [1.29, 1.82) is 5.26 Å². The highest BCUT2D eigenvalue weighted by Crippen LogP contribution is 2.23. The van der Waals surface area contributed by atoms with Gasteiger partial charge in [0.25, 0.3) is 0 Å². The van der Waals surface area contributed by atoms with Gasteiger partial charge in [0.05, 0.1) is 22.8 Å². The van der Waals surface area contributed by atoms with E-state index in [2.05, 4.69) is 16.4 Å². The molecule has 0 spiro atoms. The molecule has 1 aromatic heterocycles. The summed E-state index contributed by atoms with van der Waals surface area (Å²) in [4.78, 5) is 4.25. The molecule has 0 unspecified atom stereocenters. The van der Waals surface area contributed by atoms with Gasteiger partial charge >= 0.3 is 0 Å². The molecule has 0 atom stereocenters. The third kappa shape index (κ3) is 1.17. The Morgan fingerprint density at radius 2 is 2.21 bits per heavy atom. The smallest absolute Gasteiger partial charge is 0.0998 e. The number of nitriles is 1. The number of anilines is 1. The Hall–Kier alpha value is -2.08. The average molecular weight is 183 g/mol. The molecule has 0 aliphatic rings. The number of aromatic nitrogens is 1. The Bertz CT molecular complexity index is 511. The molecule has 0 fully saturated rings. The van der Waals surface area contributed by atoms with Gasteiger partial charge < -0.3 is 5.32 Å². The summed E-state index contributed by atoms with van der Waals surface area (Å²) >= 11 is 0. The SMILES string of the molecule is CNc1ccc(C#N)c2cccnc12. The van der Waals surface area contributed by atoms with E-state index in [1.165, 1.54) is 0 Å². The van der Waals surface area contributed by atoms with Crippen LogP contribution < -0.4 is 5.32 Å². The molecule has 0 saturated heterocycles. The first-order chi connectivity index (χ1) is 6.86. The maximum Gasteiger partial charge on any atom is 0.0998 e. The van der Waals surface area contributed by atoms with Gasteiger partial charge in [-0.2, -0.15) is 5.26 Å². The van der Waals surface area contributed by atoms with Crippen LogP contribution in [0, 0.1) is 11.3 Å². The van der Waals surface area contributed by atoms with Gasteiger partial charge in [0, 0.05) is 18.6 Å². The molecule has 2 aromatic rings. The molecule has 0 aliphatic carbocycles. The van der Waals surface area contributed by atoms with Crippen LogP contribution in [0.4, 0.5) is 5.69 Å². The van der Waals surface area contributed by atoms with E-state index < -0.39 is 0 Å². The lowest BCUT2D eigenvalue weighted by Crippen LogP contribution is -1.92. The minimum Gasteiger partial charge on any atom is -0.386 e. The van der Waals surface area contributed by atoms with Crippen molar-refractivity contribution in [2.75, 3.05) is 12.4 Å². The van der Waals surface area contributed by atoms with Gasteiger partial charge in [-0.15, -0.1) is 0 Å². The molecule has 0 bridgehead atoms. The standard InChI is InChI=1S/C11H9N3/c1-13-10-5-4-8(7-12)9-3-2-6-14-11(9)10/h2-6,13H,1H3. The Balaban J connectivity index is 2.87. The van der Waals surface area contributed by atoms with Gasteiger partial charge in [0.2, 0.25) is 0 Å². The molecule has 14 heavy (non-hydrogen) atoms. The fraction of sp³-hybridized carbons (Fsp3) is 0.0909. The summed E-state index contributed by atoms with van der Waals surface area (Å²) in [7, 11) is 1.84. The molecule has 0 saturated carbocycles. The van der Waals surface area contributed by atoms with E-state index in [0.29, 0.717) is 5.56 Å². The molecule has 2 rings (SSSR count). The van der Waals surface area contributed by atoms with Crippen molar-refractivity contribution in [3.63, 3.8) is 0 Å². The molecule has 3 heteroatoms. The van der Waals surface area contributed by atoms with Crippen molar-refractivity contribution in [3.05, 3.63) is 36.0 Å². The van der Waals surface area contributed by atoms with Crippen LogP contribution >= 0.6 is 0 Å². The van der Waals surface area contributed by atoms with Crippen molar-refractivity contribution in [3.8, 4) is 6.07 Å². The summed E-state index contributed by atoms with van der Waals surface area (Å²) in [5, 5.41) is 12.8. The van der Waals surface area contributed by atoms with E-state index >= 15 is 0 Å². The van der Waals surface area contributed by atoms with Gasteiger partial charge in [0.15, 0.2) is 0 Å². The Labute approximate surface area is 82.0 Å². The van der Waals surface area contributed by atoms with Crippen molar-refractivity contribution < 1.29 is 0 Å². The number of nitrogens with zero attached hydrogens (tertiary/aromatic N) is 2. The van der Waals surface area contributed by atoms with Crippen molar-refractivity contribution in [1.82, 2.24) is 4.98 Å². The topological polar surface area (TPSA) is 48.7 Å². The molecule has 0 radical (unpaired) electrons. The zero-order valence-electron chi connectivity index (χ0n) is 7.78. The minimum atomic E-state index is 0.659. The lowest BCUT2D eigenvalue weighted by Gasteiger charge is -2.05. The summed E-state index contributed by atoms with van der Waals surface area (Å²) < 4.78 is 0. The number of hydrogen-bond donors (Lipinski definition) is 1. The van der Waals surface area contributed by atoms with Crippen LogP contribution in [0.1, 0.15) is 5.56 Å². The fourth-order valence-corrected chi connectivity index (χ4v) is 1.47. The van der Waals surface area contributed by atoms with Gasteiger partial charge in [-0.25, -0.2) is 0 Å². The number of nitrogens with one attached hydrogen (secondary N) is 1. The molecular formula is C11H9N3. The van der Waals surface area contributed by atoms with Gasteiger partial charge in [-0.3, -0.25) is 4.98 Å². The maximum absolute atomic E-state index is 8.90. The summed E-state index contributed by atoms with van der Waals surface area (Å²) in [5.74, 6) is 0. The van der Waals surface area contributed by atoms with E-state index in [0.717, 1.165) is 16.6 Å². The highest BCUT2D eigenvalue weighted by atomic mass is 14.8. The fourth-order valence-electron chi connectivity index (χ4n) is 1.47. The summed E-state index contributed by atoms with van der Waals surface area (Å²) in [6.07, 6.45) is 1.73. The second-order valence-corrected chi connectivity index (χ2v) is 2.92. The number of benzene rings is 1. The monoisotopic (exact) mass is 183 g/mol. The highest BCUT2D eigenvalue weighted by Gasteiger charge is 2.04. The Kier molecular flexibility index (Phi) is 2.04. The summed E-state index contributed by atoms with van der Waals surface area (Å²) in [5.41, 5.74) is 2.45. The lowest BCUT2D eigenvalue weighted by atomic mass is 10.1. The molecule has 3 nitrogen and oxygen atoms in total. The zero-order valence-corrected chi connectivity index (χ0v) is 7.78. The number of pyridine rings is 1.